The van der Waals surface area contributed by atoms with Gasteiger partial charge in [-0.15, -0.1) is 0 Å². The van der Waals surface area contributed by atoms with E-state index in [0.29, 0.717) is 6.42 Å². The molecule has 1 fully saturated rings. The van der Waals surface area contributed by atoms with Gasteiger partial charge in [0.25, 0.3) is 0 Å². The molecule has 0 aromatic carbocycles. The van der Waals surface area contributed by atoms with Crippen LogP contribution in [-0.4, -0.2) is 31.2 Å². The maximum absolute atomic E-state index is 8.96. The molecule has 1 rings (SSSR count). The number of rotatable bonds is 0. The van der Waals surface area contributed by atoms with Crippen molar-refractivity contribution in [3.05, 3.63) is 0 Å². The van der Waals surface area contributed by atoms with Crippen LogP contribution in [0.15, 0.2) is 0 Å². The van der Waals surface area contributed by atoms with E-state index in [1.165, 1.54) is 0 Å². The van der Waals surface area contributed by atoms with Crippen LogP contribution in [0.2, 0.25) is 0 Å². The second-order valence-corrected chi connectivity index (χ2v) is 2.18. The Morgan fingerprint density at radius 3 is 2.50 bits per heavy atom. The van der Waals surface area contributed by atoms with Crippen molar-refractivity contribution in [2.45, 2.75) is 31.6 Å². The Morgan fingerprint density at radius 1 is 1.75 bits per heavy atom. The van der Waals surface area contributed by atoms with Crippen LogP contribution in [0.5, 0.6) is 0 Å². The van der Waals surface area contributed by atoms with Crippen LogP contribution in [0.3, 0.4) is 0 Å². The summed E-state index contributed by atoms with van der Waals surface area (Å²) >= 11 is 0. The smallest absolute Gasteiger partial charge is 0.109 e. The summed E-state index contributed by atoms with van der Waals surface area (Å²) < 4.78 is 5.00. The molecule has 0 bridgehead atoms. The molecule has 1 aliphatic heterocycles. The SMILES string of the molecule is [B]C1CC(O)C(C)O1. The lowest BCUT2D eigenvalue weighted by molar-refractivity contribution is 0.0456. The molecule has 3 atom stereocenters. The van der Waals surface area contributed by atoms with Crippen LogP contribution in [0.4, 0.5) is 0 Å². The highest BCUT2D eigenvalue weighted by Gasteiger charge is 2.26. The molecule has 1 aliphatic rings. The summed E-state index contributed by atoms with van der Waals surface area (Å²) in [6.07, 6.45) is 0.135. The van der Waals surface area contributed by atoms with Gasteiger partial charge in [-0.25, -0.2) is 0 Å². The van der Waals surface area contributed by atoms with Crippen LogP contribution in [0.25, 0.3) is 0 Å². The molecule has 0 amide bonds. The van der Waals surface area contributed by atoms with E-state index >= 15 is 0 Å². The van der Waals surface area contributed by atoms with Crippen LogP contribution in [0, 0.1) is 0 Å². The topological polar surface area (TPSA) is 29.5 Å². The molecule has 0 aromatic rings. The van der Waals surface area contributed by atoms with E-state index in [2.05, 4.69) is 0 Å². The summed E-state index contributed by atoms with van der Waals surface area (Å²) in [5.41, 5.74) is 0. The van der Waals surface area contributed by atoms with Crippen molar-refractivity contribution in [1.29, 1.82) is 0 Å². The molecule has 0 aromatic heterocycles. The zero-order valence-corrected chi connectivity index (χ0v) is 4.87. The quantitative estimate of drug-likeness (QED) is 0.434. The first-order valence-corrected chi connectivity index (χ1v) is 2.79. The van der Waals surface area contributed by atoms with Crippen molar-refractivity contribution in [3.63, 3.8) is 0 Å². The molecule has 1 heterocycles. The van der Waals surface area contributed by atoms with E-state index < -0.39 is 0 Å². The van der Waals surface area contributed by atoms with Gasteiger partial charge in [-0.05, 0) is 13.3 Å². The first-order chi connectivity index (χ1) is 3.70. The molecular formula is C5H9BO2. The second-order valence-electron chi connectivity index (χ2n) is 2.18. The van der Waals surface area contributed by atoms with Gasteiger partial charge in [0.1, 0.15) is 7.85 Å². The molecular weight excluding hydrogens is 103 g/mol. The first-order valence-electron chi connectivity index (χ1n) is 2.79. The number of aliphatic hydroxyl groups is 1. The number of hydrogen-bond donors (Lipinski definition) is 1. The van der Waals surface area contributed by atoms with E-state index in [0.717, 1.165) is 0 Å². The molecule has 2 nitrogen and oxygen atoms in total. The Balaban J connectivity index is 2.39. The monoisotopic (exact) mass is 112 g/mol. The molecule has 1 saturated heterocycles. The molecule has 0 aliphatic carbocycles. The second kappa shape index (κ2) is 2.07. The summed E-state index contributed by atoms with van der Waals surface area (Å²) in [7, 11) is 5.33. The van der Waals surface area contributed by atoms with Crippen LogP contribution in [-0.2, 0) is 4.74 Å². The minimum absolute atomic E-state index is 0.0787. The number of ether oxygens (including phenoxy) is 1. The highest BCUT2D eigenvalue weighted by molar-refractivity contribution is 6.11. The summed E-state index contributed by atoms with van der Waals surface area (Å²) in [5, 5.41) is 8.96. The predicted molar refractivity (Wildman–Crippen MR) is 30.7 cm³/mol. The van der Waals surface area contributed by atoms with Gasteiger partial charge in [-0.1, -0.05) is 0 Å². The third-order valence-corrected chi connectivity index (χ3v) is 1.41. The molecule has 3 heteroatoms. The predicted octanol–water partition coefficient (Wildman–Crippen LogP) is -0.349. The number of aliphatic hydroxyl groups excluding tert-OH is 1. The third-order valence-electron chi connectivity index (χ3n) is 1.41. The Labute approximate surface area is 50.3 Å². The molecule has 44 valence electrons. The summed E-state index contributed by atoms with van der Waals surface area (Å²) in [5.74, 6) is 0. The van der Waals surface area contributed by atoms with Gasteiger partial charge in [-0.2, -0.15) is 0 Å². The van der Waals surface area contributed by atoms with Gasteiger partial charge in [-0.3, -0.25) is 0 Å². The van der Waals surface area contributed by atoms with Crippen molar-refractivity contribution >= 4 is 7.85 Å². The third kappa shape index (κ3) is 1.04. The van der Waals surface area contributed by atoms with Crippen LogP contribution >= 0.6 is 0 Å². The van der Waals surface area contributed by atoms with E-state index in [9.17, 15) is 0 Å². The maximum Gasteiger partial charge on any atom is 0.109 e. The average Bonchev–Trinajstić information content (AvgIpc) is 1.85. The largest absolute Gasteiger partial charge is 0.390 e. The van der Waals surface area contributed by atoms with Crippen molar-refractivity contribution in [2.24, 2.45) is 0 Å². The van der Waals surface area contributed by atoms with E-state index in [-0.39, 0.29) is 18.2 Å². The van der Waals surface area contributed by atoms with Crippen molar-refractivity contribution in [2.75, 3.05) is 0 Å². The highest BCUT2D eigenvalue weighted by atomic mass is 16.5. The minimum atomic E-state index is -0.356. The molecule has 3 unspecified atom stereocenters. The fourth-order valence-electron chi connectivity index (χ4n) is 0.852. The summed E-state index contributed by atoms with van der Waals surface area (Å²) in [6, 6.07) is -0.250. The lowest BCUT2D eigenvalue weighted by atomic mass is 9.96. The molecule has 0 spiro atoms. The van der Waals surface area contributed by atoms with Gasteiger partial charge >= 0.3 is 0 Å². The van der Waals surface area contributed by atoms with Crippen molar-refractivity contribution in [1.82, 2.24) is 0 Å². The maximum atomic E-state index is 8.96. The Kier molecular flexibility index (Phi) is 1.58. The Bertz CT molecular complexity index is 76.5. The summed E-state index contributed by atoms with van der Waals surface area (Å²) in [4.78, 5) is 0. The minimum Gasteiger partial charge on any atom is -0.390 e. The molecule has 1 N–H and O–H groups in total. The zero-order chi connectivity index (χ0) is 6.15. The van der Waals surface area contributed by atoms with E-state index in [4.69, 9.17) is 17.7 Å². The van der Waals surface area contributed by atoms with Gasteiger partial charge in [0.15, 0.2) is 0 Å². The number of hydrogen-bond acceptors (Lipinski definition) is 2. The molecule has 2 radical (unpaired) electrons. The fraction of sp³-hybridized carbons (Fsp3) is 1.00. The first kappa shape index (κ1) is 6.11. The van der Waals surface area contributed by atoms with Crippen molar-refractivity contribution < 1.29 is 9.84 Å². The summed E-state index contributed by atoms with van der Waals surface area (Å²) in [6.45, 7) is 1.82. The van der Waals surface area contributed by atoms with E-state index in [1.807, 2.05) is 6.92 Å². The standard InChI is InChI=1S/C5H9BO2/c1-3-4(7)2-5(6)8-3/h3-5,7H,2H2,1H3. The van der Waals surface area contributed by atoms with E-state index in [1.54, 1.807) is 0 Å². The highest BCUT2D eigenvalue weighted by Crippen LogP contribution is 2.16. The molecule has 8 heavy (non-hydrogen) atoms. The fourth-order valence-corrected chi connectivity index (χ4v) is 0.852. The lowest BCUT2D eigenvalue weighted by Gasteiger charge is -2.04. The van der Waals surface area contributed by atoms with Crippen LogP contribution in [0.1, 0.15) is 13.3 Å². The molecule has 0 saturated carbocycles. The normalized spacial score (nSPS) is 47.5. The van der Waals surface area contributed by atoms with Gasteiger partial charge < -0.3 is 9.84 Å². The Hall–Kier alpha value is -0.0151. The van der Waals surface area contributed by atoms with Crippen LogP contribution < -0.4 is 0 Å². The van der Waals surface area contributed by atoms with Gasteiger partial charge in [0.05, 0.1) is 12.2 Å². The Morgan fingerprint density at radius 2 is 2.38 bits per heavy atom. The van der Waals surface area contributed by atoms with Gasteiger partial charge in [0.2, 0.25) is 0 Å². The zero-order valence-electron chi connectivity index (χ0n) is 4.87. The van der Waals surface area contributed by atoms with Gasteiger partial charge in [0, 0.05) is 6.00 Å². The average molecular weight is 112 g/mol. The van der Waals surface area contributed by atoms with Crippen molar-refractivity contribution in [3.8, 4) is 0 Å². The lowest BCUT2D eigenvalue weighted by Crippen LogP contribution is -2.15.